The standard InChI is InChI=1S/C61H39N3/c1-4-13-40(14-5-1)42-23-25-44(26-24-42)50-37-54(45-29-27-43(28-30-45)41-15-6-2-7-16-41)62-59(39-50)64-57-22-12-17-46-31-32-48-35-49(38-58(64)61(48)60(46)57)47-33-34-56-53(36-47)52-20-10-11-21-55(52)63(56)51-18-8-3-9-19-51/h1-39H. The molecular formula is C61H39N3. The third-order valence-corrected chi connectivity index (χ3v) is 13.1. The first-order valence-electron chi connectivity index (χ1n) is 21.9. The molecule has 3 heteroatoms. The highest BCUT2D eigenvalue weighted by atomic mass is 15.1. The number of benzene rings is 10. The van der Waals surface area contributed by atoms with E-state index in [1.165, 1.54) is 76.7 Å². The number of para-hydroxylation sites is 2. The third kappa shape index (κ3) is 5.86. The van der Waals surface area contributed by atoms with Gasteiger partial charge in [0.05, 0.1) is 27.8 Å². The van der Waals surface area contributed by atoms with Crippen LogP contribution in [0.1, 0.15) is 0 Å². The molecule has 0 bridgehead atoms. The third-order valence-electron chi connectivity index (χ3n) is 13.1. The molecule has 64 heavy (non-hydrogen) atoms. The molecule has 0 unspecified atom stereocenters. The molecule has 0 amide bonds. The lowest BCUT2D eigenvalue weighted by molar-refractivity contribution is 1.09. The number of aromatic nitrogens is 3. The van der Waals surface area contributed by atoms with Gasteiger partial charge in [-0.15, -0.1) is 0 Å². The fraction of sp³-hybridized carbons (Fsp3) is 0. The molecule has 298 valence electrons. The highest BCUT2D eigenvalue weighted by Gasteiger charge is 2.21. The van der Waals surface area contributed by atoms with E-state index in [-0.39, 0.29) is 0 Å². The van der Waals surface area contributed by atoms with Crippen LogP contribution in [0.25, 0.3) is 122 Å². The Morgan fingerprint density at radius 3 is 1.52 bits per heavy atom. The van der Waals surface area contributed by atoms with Crippen LogP contribution in [0.4, 0.5) is 0 Å². The van der Waals surface area contributed by atoms with Crippen LogP contribution >= 0.6 is 0 Å². The second kappa shape index (κ2) is 14.5. The topological polar surface area (TPSA) is 22.8 Å². The lowest BCUT2D eigenvalue weighted by Gasteiger charge is -2.14. The predicted molar refractivity (Wildman–Crippen MR) is 269 cm³/mol. The first-order chi connectivity index (χ1) is 31.7. The minimum atomic E-state index is 0.885. The van der Waals surface area contributed by atoms with Crippen LogP contribution in [-0.4, -0.2) is 14.1 Å². The van der Waals surface area contributed by atoms with Crippen molar-refractivity contribution in [2.45, 2.75) is 0 Å². The number of pyridine rings is 1. The number of hydrogen-bond donors (Lipinski definition) is 0. The van der Waals surface area contributed by atoms with Crippen LogP contribution in [0.5, 0.6) is 0 Å². The average Bonchev–Trinajstić information content (AvgIpc) is 3.90. The van der Waals surface area contributed by atoms with Gasteiger partial charge >= 0.3 is 0 Å². The fourth-order valence-corrected chi connectivity index (χ4v) is 10.0. The molecule has 3 nitrogen and oxygen atoms in total. The van der Waals surface area contributed by atoms with Crippen LogP contribution in [0.3, 0.4) is 0 Å². The van der Waals surface area contributed by atoms with Crippen molar-refractivity contribution in [1.29, 1.82) is 0 Å². The minimum Gasteiger partial charge on any atom is -0.309 e. The Balaban J connectivity index is 1.02. The second-order valence-electron chi connectivity index (χ2n) is 16.8. The van der Waals surface area contributed by atoms with E-state index in [2.05, 4.69) is 246 Å². The average molecular weight is 814 g/mol. The molecule has 13 rings (SSSR count). The van der Waals surface area contributed by atoms with E-state index in [1.807, 2.05) is 0 Å². The quantitative estimate of drug-likeness (QED) is 0.147. The van der Waals surface area contributed by atoms with Crippen molar-refractivity contribution in [2.24, 2.45) is 0 Å². The Bertz CT molecular complexity index is 3740. The second-order valence-corrected chi connectivity index (χ2v) is 16.8. The van der Waals surface area contributed by atoms with Gasteiger partial charge in [-0.1, -0.05) is 176 Å². The normalized spacial score (nSPS) is 11.8. The van der Waals surface area contributed by atoms with Crippen LogP contribution in [-0.2, 0) is 0 Å². The molecule has 0 aliphatic carbocycles. The Hall–Kier alpha value is -8.53. The maximum Gasteiger partial charge on any atom is 0.138 e. The van der Waals surface area contributed by atoms with Gasteiger partial charge < -0.3 is 4.57 Å². The van der Waals surface area contributed by atoms with Crippen molar-refractivity contribution in [1.82, 2.24) is 14.1 Å². The molecule has 0 radical (unpaired) electrons. The zero-order valence-electron chi connectivity index (χ0n) is 34.9. The monoisotopic (exact) mass is 813 g/mol. The van der Waals surface area contributed by atoms with Gasteiger partial charge in [0.1, 0.15) is 5.82 Å². The Labute approximate surface area is 370 Å². The van der Waals surface area contributed by atoms with Gasteiger partial charge in [0.2, 0.25) is 0 Å². The zero-order valence-corrected chi connectivity index (χ0v) is 34.9. The summed E-state index contributed by atoms with van der Waals surface area (Å²) in [6.07, 6.45) is 0. The summed E-state index contributed by atoms with van der Waals surface area (Å²) < 4.78 is 4.78. The van der Waals surface area contributed by atoms with E-state index in [0.29, 0.717) is 0 Å². The van der Waals surface area contributed by atoms with E-state index in [9.17, 15) is 0 Å². The van der Waals surface area contributed by atoms with Gasteiger partial charge in [-0.2, -0.15) is 0 Å². The SMILES string of the molecule is c1ccc(-c2ccc(-c3cc(-c4ccc(-c5ccccc5)cc4)nc(-n4c5cccc6ccc7cc(-c8ccc9c(c8)c8ccccc8n9-c8ccccc8)cc4c7c65)c3)cc2)cc1. The van der Waals surface area contributed by atoms with E-state index >= 15 is 0 Å². The van der Waals surface area contributed by atoms with Gasteiger partial charge in [-0.25, -0.2) is 4.98 Å². The van der Waals surface area contributed by atoms with E-state index in [4.69, 9.17) is 4.98 Å². The predicted octanol–water partition coefficient (Wildman–Crippen LogP) is 16.2. The van der Waals surface area contributed by atoms with Gasteiger partial charge in [-0.05, 0) is 116 Å². The van der Waals surface area contributed by atoms with Gasteiger partial charge in [0.25, 0.3) is 0 Å². The molecule has 3 aromatic heterocycles. The molecule has 0 spiro atoms. The summed E-state index contributed by atoms with van der Waals surface area (Å²) >= 11 is 0. The van der Waals surface area contributed by atoms with Crippen molar-refractivity contribution in [3.63, 3.8) is 0 Å². The molecule has 0 atom stereocenters. The molecule has 0 saturated heterocycles. The van der Waals surface area contributed by atoms with E-state index < -0.39 is 0 Å². The summed E-state index contributed by atoms with van der Waals surface area (Å²) in [4.78, 5) is 5.57. The lowest BCUT2D eigenvalue weighted by Crippen LogP contribution is -2.00. The van der Waals surface area contributed by atoms with Crippen molar-refractivity contribution in [3.05, 3.63) is 237 Å². The molecule has 0 N–H and O–H groups in total. The van der Waals surface area contributed by atoms with Crippen molar-refractivity contribution in [2.75, 3.05) is 0 Å². The van der Waals surface area contributed by atoms with Crippen molar-refractivity contribution < 1.29 is 0 Å². The number of fused-ring (bicyclic) bond motifs is 3. The van der Waals surface area contributed by atoms with Crippen LogP contribution in [0.15, 0.2) is 237 Å². The van der Waals surface area contributed by atoms with Gasteiger partial charge in [0.15, 0.2) is 0 Å². The number of hydrogen-bond acceptors (Lipinski definition) is 1. The summed E-state index contributed by atoms with van der Waals surface area (Å²) in [5, 5.41) is 7.43. The van der Waals surface area contributed by atoms with Crippen molar-refractivity contribution in [3.8, 4) is 67.3 Å². The van der Waals surface area contributed by atoms with Crippen molar-refractivity contribution >= 4 is 54.4 Å². The smallest absolute Gasteiger partial charge is 0.138 e. The summed E-state index contributed by atoms with van der Waals surface area (Å²) in [7, 11) is 0. The molecule has 0 fully saturated rings. The Morgan fingerprint density at radius 2 is 0.797 bits per heavy atom. The van der Waals surface area contributed by atoms with Crippen LogP contribution < -0.4 is 0 Å². The van der Waals surface area contributed by atoms with E-state index in [0.717, 1.165) is 44.9 Å². The highest BCUT2D eigenvalue weighted by molar-refractivity contribution is 6.25. The summed E-state index contributed by atoms with van der Waals surface area (Å²) in [5.41, 5.74) is 17.2. The molecule has 10 aromatic carbocycles. The summed E-state index contributed by atoms with van der Waals surface area (Å²) in [6.45, 7) is 0. The summed E-state index contributed by atoms with van der Waals surface area (Å²) in [6, 6.07) is 85.8. The van der Waals surface area contributed by atoms with Gasteiger partial charge in [-0.3, -0.25) is 4.57 Å². The minimum absolute atomic E-state index is 0.885. The Kier molecular flexibility index (Phi) is 8.22. The Morgan fingerprint density at radius 1 is 0.266 bits per heavy atom. The fourth-order valence-electron chi connectivity index (χ4n) is 10.0. The first-order valence-corrected chi connectivity index (χ1v) is 21.9. The number of nitrogens with zero attached hydrogens (tertiary/aromatic N) is 3. The molecule has 3 heterocycles. The summed E-state index contributed by atoms with van der Waals surface area (Å²) in [5.74, 6) is 0.885. The molecule has 13 aromatic rings. The van der Waals surface area contributed by atoms with E-state index in [1.54, 1.807) is 0 Å². The molecule has 0 aliphatic rings. The van der Waals surface area contributed by atoms with Crippen LogP contribution in [0.2, 0.25) is 0 Å². The van der Waals surface area contributed by atoms with Gasteiger partial charge in [0, 0.05) is 32.8 Å². The first kappa shape index (κ1) is 36.2. The number of rotatable bonds is 7. The maximum absolute atomic E-state index is 5.57. The zero-order chi connectivity index (χ0) is 42.1. The molecular weight excluding hydrogens is 775 g/mol. The highest BCUT2D eigenvalue weighted by Crippen LogP contribution is 2.43. The van der Waals surface area contributed by atoms with Crippen LogP contribution in [0, 0.1) is 0 Å². The lowest BCUT2D eigenvalue weighted by atomic mass is 9.96. The molecule has 0 aliphatic heterocycles. The largest absolute Gasteiger partial charge is 0.309 e. The molecule has 0 saturated carbocycles. The maximum atomic E-state index is 5.57.